The van der Waals surface area contributed by atoms with Gasteiger partial charge in [-0.05, 0) is 44.4 Å². The summed E-state index contributed by atoms with van der Waals surface area (Å²) in [5.41, 5.74) is 3.15. The van der Waals surface area contributed by atoms with Crippen molar-refractivity contribution in [3.63, 3.8) is 0 Å². The van der Waals surface area contributed by atoms with E-state index >= 15 is 0 Å². The Morgan fingerprint density at radius 3 is 2.75 bits per heavy atom. The van der Waals surface area contributed by atoms with Crippen LogP contribution >= 0.6 is 11.8 Å². The largest absolute Gasteiger partial charge is 0.325 e. The normalized spacial score (nSPS) is 10.8. The number of rotatable bonds is 8. The van der Waals surface area contributed by atoms with Crippen LogP contribution in [0.2, 0.25) is 0 Å². The van der Waals surface area contributed by atoms with Gasteiger partial charge in [0.05, 0.1) is 5.75 Å². The number of carbonyl (C=O) groups is 1. The molecule has 0 atom stereocenters. The summed E-state index contributed by atoms with van der Waals surface area (Å²) >= 11 is 1.44. The van der Waals surface area contributed by atoms with Crippen molar-refractivity contribution in [3.05, 3.63) is 35.2 Å². The minimum atomic E-state index is -0.0190. The summed E-state index contributed by atoms with van der Waals surface area (Å²) in [6.07, 6.45) is 3.18. The molecule has 1 aromatic heterocycles. The van der Waals surface area contributed by atoms with Crippen molar-refractivity contribution in [1.29, 1.82) is 0 Å². The highest BCUT2D eigenvalue weighted by Gasteiger charge is 2.13. The highest BCUT2D eigenvalue weighted by atomic mass is 32.2. The highest BCUT2D eigenvalue weighted by Crippen LogP contribution is 2.21. The number of anilines is 1. The maximum Gasteiger partial charge on any atom is 0.234 e. The fourth-order valence-corrected chi connectivity index (χ4v) is 3.29. The first-order valence-corrected chi connectivity index (χ1v) is 9.46. The Kier molecular flexibility index (Phi) is 6.85. The molecule has 1 N–H and O–H groups in total. The van der Waals surface area contributed by atoms with E-state index in [2.05, 4.69) is 33.9 Å². The topological polar surface area (TPSA) is 59.8 Å². The lowest BCUT2D eigenvalue weighted by Gasteiger charge is -2.10. The van der Waals surface area contributed by atoms with Crippen LogP contribution in [0.25, 0.3) is 0 Å². The van der Waals surface area contributed by atoms with Gasteiger partial charge in [-0.2, -0.15) is 0 Å². The van der Waals surface area contributed by atoms with Crippen molar-refractivity contribution >= 4 is 23.4 Å². The molecule has 1 aromatic carbocycles. The van der Waals surface area contributed by atoms with Gasteiger partial charge in [0.25, 0.3) is 0 Å². The van der Waals surface area contributed by atoms with Gasteiger partial charge >= 0.3 is 0 Å². The van der Waals surface area contributed by atoms with Crippen molar-refractivity contribution in [2.24, 2.45) is 0 Å². The average molecular weight is 347 g/mol. The first kappa shape index (κ1) is 18.5. The monoisotopic (exact) mass is 346 g/mol. The van der Waals surface area contributed by atoms with Crippen LogP contribution in [0.4, 0.5) is 5.69 Å². The van der Waals surface area contributed by atoms with E-state index in [4.69, 9.17) is 0 Å². The van der Waals surface area contributed by atoms with Crippen molar-refractivity contribution in [2.45, 2.75) is 58.7 Å². The van der Waals surface area contributed by atoms with Crippen LogP contribution in [0.1, 0.15) is 43.6 Å². The molecule has 1 amide bonds. The first-order chi connectivity index (χ1) is 11.6. The van der Waals surface area contributed by atoms with Crippen LogP contribution in [0.3, 0.4) is 0 Å². The number of benzene rings is 1. The molecule has 130 valence electrons. The summed E-state index contributed by atoms with van der Waals surface area (Å²) in [5.74, 6) is 1.32. The first-order valence-electron chi connectivity index (χ1n) is 8.47. The molecule has 0 spiro atoms. The molecule has 0 unspecified atom stereocenters. The van der Waals surface area contributed by atoms with E-state index in [0.29, 0.717) is 5.75 Å². The van der Waals surface area contributed by atoms with Crippen molar-refractivity contribution in [2.75, 3.05) is 11.1 Å². The van der Waals surface area contributed by atoms with Crippen LogP contribution in [-0.2, 0) is 17.8 Å². The number of nitrogens with one attached hydrogen (secondary N) is 1. The van der Waals surface area contributed by atoms with Gasteiger partial charge in [-0.15, -0.1) is 10.2 Å². The number of amides is 1. The van der Waals surface area contributed by atoms with E-state index in [1.165, 1.54) is 17.3 Å². The number of nitrogens with zero attached hydrogens (tertiary/aromatic N) is 3. The molecule has 5 nitrogen and oxygen atoms in total. The van der Waals surface area contributed by atoms with Crippen LogP contribution in [0.15, 0.2) is 23.4 Å². The number of hydrogen-bond acceptors (Lipinski definition) is 4. The molecule has 2 aromatic rings. The Morgan fingerprint density at radius 1 is 1.25 bits per heavy atom. The molecule has 24 heavy (non-hydrogen) atoms. The number of unbranched alkanes of at least 4 members (excludes halogenated alkanes) is 1. The zero-order valence-corrected chi connectivity index (χ0v) is 15.7. The summed E-state index contributed by atoms with van der Waals surface area (Å²) < 4.78 is 2.10. The van der Waals surface area contributed by atoms with E-state index in [1.54, 1.807) is 0 Å². The van der Waals surface area contributed by atoms with Gasteiger partial charge in [0, 0.05) is 18.7 Å². The summed E-state index contributed by atoms with van der Waals surface area (Å²) in [6.45, 7) is 9.14. The van der Waals surface area contributed by atoms with Crippen molar-refractivity contribution in [1.82, 2.24) is 14.8 Å². The van der Waals surface area contributed by atoms with Crippen LogP contribution in [-0.4, -0.2) is 26.4 Å². The maximum absolute atomic E-state index is 12.2. The molecule has 6 heteroatoms. The molecule has 0 aliphatic rings. The van der Waals surface area contributed by atoms with E-state index in [0.717, 1.165) is 48.0 Å². The minimum absolute atomic E-state index is 0.0190. The Labute approximate surface area is 148 Å². The number of thioether (sulfide) groups is 1. The molecular formula is C18H26N4OS. The molecule has 1 heterocycles. The predicted octanol–water partition coefficient (Wildman–Crippen LogP) is 3.99. The summed E-state index contributed by atoms with van der Waals surface area (Å²) in [4.78, 5) is 12.2. The molecule has 0 saturated carbocycles. The third kappa shape index (κ3) is 4.60. The van der Waals surface area contributed by atoms with E-state index < -0.39 is 0 Å². The third-order valence-corrected chi connectivity index (χ3v) is 5.04. The fraction of sp³-hybridized carbons (Fsp3) is 0.500. The lowest BCUT2D eigenvalue weighted by atomic mass is 10.1. The fourth-order valence-electron chi connectivity index (χ4n) is 2.47. The van der Waals surface area contributed by atoms with Gasteiger partial charge in [0.1, 0.15) is 5.82 Å². The summed E-state index contributed by atoms with van der Waals surface area (Å²) in [7, 11) is 0. The van der Waals surface area contributed by atoms with Crippen LogP contribution in [0, 0.1) is 13.8 Å². The molecule has 2 rings (SSSR count). The molecule has 0 aliphatic heterocycles. The van der Waals surface area contributed by atoms with Crippen LogP contribution in [0.5, 0.6) is 0 Å². The predicted molar refractivity (Wildman–Crippen MR) is 99.6 cm³/mol. The molecule has 0 aliphatic carbocycles. The number of aromatic nitrogens is 3. The Morgan fingerprint density at radius 2 is 2.04 bits per heavy atom. The van der Waals surface area contributed by atoms with Gasteiger partial charge in [0.2, 0.25) is 5.91 Å². The van der Waals surface area contributed by atoms with Gasteiger partial charge in [-0.1, -0.05) is 37.2 Å². The zero-order chi connectivity index (χ0) is 17.5. The lowest BCUT2D eigenvalue weighted by molar-refractivity contribution is -0.113. The summed E-state index contributed by atoms with van der Waals surface area (Å²) in [5, 5.41) is 12.3. The Bertz CT molecular complexity index is 696. The second-order valence-electron chi connectivity index (χ2n) is 5.83. The smallest absolute Gasteiger partial charge is 0.234 e. The van der Waals surface area contributed by atoms with Gasteiger partial charge in [0.15, 0.2) is 5.16 Å². The van der Waals surface area contributed by atoms with Gasteiger partial charge in [-0.25, -0.2) is 0 Å². The van der Waals surface area contributed by atoms with Gasteiger partial charge in [-0.3, -0.25) is 4.79 Å². The van der Waals surface area contributed by atoms with Crippen molar-refractivity contribution in [3.8, 4) is 0 Å². The molecule has 0 fully saturated rings. The molecule has 0 radical (unpaired) electrons. The quantitative estimate of drug-likeness (QED) is 0.734. The Balaban J connectivity index is 1.96. The second-order valence-corrected chi connectivity index (χ2v) is 6.77. The number of carbonyl (C=O) groups excluding carboxylic acids is 1. The molecule has 0 bridgehead atoms. The van der Waals surface area contributed by atoms with E-state index in [9.17, 15) is 4.79 Å². The highest BCUT2D eigenvalue weighted by molar-refractivity contribution is 7.99. The second kappa shape index (κ2) is 8.87. The van der Waals surface area contributed by atoms with E-state index in [-0.39, 0.29) is 5.91 Å². The Hall–Kier alpha value is -1.82. The van der Waals surface area contributed by atoms with Gasteiger partial charge < -0.3 is 9.88 Å². The summed E-state index contributed by atoms with van der Waals surface area (Å²) in [6, 6.07) is 5.93. The maximum atomic E-state index is 12.2. The SMILES string of the molecule is CCCCc1nnc(SCC(=O)Nc2cccc(C)c2C)n1CC. The zero-order valence-electron chi connectivity index (χ0n) is 14.9. The van der Waals surface area contributed by atoms with E-state index in [1.807, 2.05) is 32.0 Å². The molecule has 0 saturated heterocycles. The third-order valence-electron chi connectivity index (χ3n) is 4.07. The van der Waals surface area contributed by atoms with Crippen LogP contribution < -0.4 is 5.32 Å². The minimum Gasteiger partial charge on any atom is -0.325 e. The average Bonchev–Trinajstić information content (AvgIpc) is 2.97. The standard InChI is InChI=1S/C18H26N4OS/c1-5-7-11-16-20-21-18(22(16)6-2)24-12-17(23)19-15-10-8-9-13(3)14(15)4/h8-10H,5-7,11-12H2,1-4H3,(H,19,23). The number of hydrogen-bond donors (Lipinski definition) is 1. The van der Waals surface area contributed by atoms with Crippen molar-refractivity contribution < 1.29 is 4.79 Å². The molecular weight excluding hydrogens is 320 g/mol. The lowest BCUT2D eigenvalue weighted by Crippen LogP contribution is -2.15. The number of aryl methyl sites for hydroxylation is 2.